The van der Waals surface area contributed by atoms with Crippen LogP contribution in [0.3, 0.4) is 0 Å². The van der Waals surface area contributed by atoms with Crippen molar-refractivity contribution in [2.45, 2.75) is 100 Å². The first-order valence-electron chi connectivity index (χ1n) is 15.4. The Bertz CT molecular complexity index is 1180. The van der Waals surface area contributed by atoms with Gasteiger partial charge in [-0.3, -0.25) is 4.79 Å². The zero-order chi connectivity index (χ0) is 33.9. The number of cyclic esters (lactones) is 1. The molecule has 13 nitrogen and oxygen atoms in total. The Morgan fingerprint density at radius 1 is 0.957 bits per heavy atom. The van der Waals surface area contributed by atoms with Crippen LogP contribution in [-0.2, 0) is 28.5 Å². The first-order chi connectivity index (χ1) is 21.8. The quantitative estimate of drug-likeness (QED) is 0.210. The molecule has 7 unspecified atom stereocenters. The number of aliphatic hydroxyl groups excluding tert-OH is 4. The summed E-state index contributed by atoms with van der Waals surface area (Å²) in [6, 6.07) is -1.07. The van der Waals surface area contributed by atoms with E-state index in [9.17, 15) is 40.2 Å². The highest BCUT2D eigenvalue weighted by Gasteiger charge is 2.50. The molecular formula is C33H47NO12. The Balaban J connectivity index is 1.90. The first-order valence-corrected chi connectivity index (χ1v) is 15.4. The van der Waals surface area contributed by atoms with Gasteiger partial charge in [-0.2, -0.15) is 0 Å². The van der Waals surface area contributed by atoms with Crippen LogP contribution in [0.1, 0.15) is 39.5 Å². The molecule has 0 aromatic heterocycles. The van der Waals surface area contributed by atoms with Gasteiger partial charge >= 0.3 is 11.9 Å². The van der Waals surface area contributed by atoms with Crippen molar-refractivity contribution in [2.24, 2.45) is 17.6 Å². The number of hydrogen-bond acceptors (Lipinski definition) is 12. The van der Waals surface area contributed by atoms with E-state index in [1.165, 1.54) is 18.2 Å². The molecule has 2 fully saturated rings. The van der Waals surface area contributed by atoms with Crippen LogP contribution in [-0.4, -0.2) is 110 Å². The number of esters is 1. The van der Waals surface area contributed by atoms with Gasteiger partial charge in [-0.15, -0.1) is 0 Å². The van der Waals surface area contributed by atoms with E-state index in [1.807, 2.05) is 13.0 Å². The van der Waals surface area contributed by atoms with Gasteiger partial charge in [0.1, 0.15) is 12.0 Å². The van der Waals surface area contributed by atoms with E-state index >= 15 is 0 Å². The molecule has 12 atom stereocenters. The number of carbonyl (C=O) groups is 2. The van der Waals surface area contributed by atoms with Crippen LogP contribution in [0.4, 0.5) is 0 Å². The number of carboxylic acids is 1. The number of carbonyl (C=O) groups excluding carboxylic acids is 1. The second-order valence-corrected chi connectivity index (χ2v) is 11.9. The summed E-state index contributed by atoms with van der Waals surface area (Å²) in [7, 11) is 0. The molecule has 0 aromatic carbocycles. The lowest BCUT2D eigenvalue weighted by atomic mass is 9.83. The molecule has 256 valence electrons. The fourth-order valence-electron chi connectivity index (χ4n) is 5.43. The van der Waals surface area contributed by atoms with Crippen LogP contribution in [0.2, 0.25) is 0 Å². The zero-order valence-electron chi connectivity index (χ0n) is 26.0. The van der Waals surface area contributed by atoms with Gasteiger partial charge < -0.3 is 55.3 Å². The van der Waals surface area contributed by atoms with Crippen LogP contribution < -0.4 is 5.73 Å². The van der Waals surface area contributed by atoms with Crippen molar-refractivity contribution in [3.8, 4) is 0 Å². The minimum Gasteiger partial charge on any atom is -0.481 e. The summed E-state index contributed by atoms with van der Waals surface area (Å²) in [5.74, 6) is -5.45. The number of rotatable bonds is 3. The smallest absolute Gasteiger partial charge is 0.330 e. The second-order valence-electron chi connectivity index (χ2n) is 11.9. The number of fused-ring (bicyclic) bond motifs is 2. The number of allylic oxidation sites excluding steroid dienone is 8. The Hall–Kier alpha value is -2.98. The summed E-state index contributed by atoms with van der Waals surface area (Å²) in [6.07, 6.45) is 9.12. The predicted octanol–water partition coefficient (Wildman–Crippen LogP) is 0.766. The molecule has 3 rings (SSSR count). The van der Waals surface area contributed by atoms with E-state index < -0.39 is 85.1 Å². The lowest BCUT2D eigenvalue weighted by Gasteiger charge is -2.45. The Kier molecular flexibility index (Phi) is 14.5. The molecule has 8 N–H and O–H groups in total. The summed E-state index contributed by atoms with van der Waals surface area (Å²) in [5.41, 5.74) is 5.97. The van der Waals surface area contributed by atoms with Crippen LogP contribution in [0.5, 0.6) is 0 Å². The van der Waals surface area contributed by atoms with Gasteiger partial charge in [0.15, 0.2) is 12.1 Å². The monoisotopic (exact) mass is 649 g/mol. The molecule has 13 heteroatoms. The average molecular weight is 650 g/mol. The van der Waals surface area contributed by atoms with Gasteiger partial charge in [-0.25, -0.2) is 4.79 Å². The van der Waals surface area contributed by atoms with Crippen molar-refractivity contribution in [2.75, 3.05) is 6.61 Å². The van der Waals surface area contributed by atoms with Crippen LogP contribution in [0, 0.1) is 11.8 Å². The topological polar surface area (TPSA) is 218 Å². The molecule has 0 amide bonds. The largest absolute Gasteiger partial charge is 0.481 e. The normalized spacial score (nSPS) is 44.4. The molecular weight excluding hydrogens is 602 g/mol. The molecule has 3 aliphatic rings. The van der Waals surface area contributed by atoms with Crippen molar-refractivity contribution in [3.63, 3.8) is 0 Å². The van der Waals surface area contributed by atoms with E-state index in [4.69, 9.17) is 24.7 Å². The third-order valence-corrected chi connectivity index (χ3v) is 7.92. The molecule has 2 bridgehead atoms. The van der Waals surface area contributed by atoms with Gasteiger partial charge in [0.25, 0.3) is 0 Å². The minimum absolute atomic E-state index is 0.0325. The minimum atomic E-state index is -2.08. The first kappa shape index (κ1) is 37.5. The highest BCUT2D eigenvalue weighted by Crippen LogP contribution is 2.37. The Morgan fingerprint density at radius 3 is 2.33 bits per heavy atom. The van der Waals surface area contributed by atoms with Crippen molar-refractivity contribution in [1.29, 1.82) is 0 Å². The predicted molar refractivity (Wildman–Crippen MR) is 166 cm³/mol. The maximum atomic E-state index is 12.2. The lowest BCUT2D eigenvalue weighted by Crippen LogP contribution is -2.61. The highest BCUT2D eigenvalue weighted by molar-refractivity contribution is 5.82. The van der Waals surface area contributed by atoms with E-state index in [2.05, 4.69) is 0 Å². The van der Waals surface area contributed by atoms with Crippen molar-refractivity contribution in [3.05, 3.63) is 72.9 Å². The van der Waals surface area contributed by atoms with Crippen LogP contribution in [0.25, 0.3) is 0 Å². The highest BCUT2D eigenvalue weighted by atomic mass is 16.7. The van der Waals surface area contributed by atoms with E-state index in [0.29, 0.717) is 0 Å². The molecule has 0 aliphatic carbocycles. The molecule has 0 spiro atoms. The van der Waals surface area contributed by atoms with Gasteiger partial charge in [-0.1, -0.05) is 73.8 Å². The molecule has 0 saturated carbocycles. The SMILES string of the molecule is CC1/C=C/C=C\C=C\C=C\C(O[C@@H]2O[C@H](C)[C@@H](O)[C@H](N)[C@@H]2O)CC2OC(O)(CC(O)C/C=C/C=C/C(=O)OC1)CC(O)C2C(=O)O. The summed E-state index contributed by atoms with van der Waals surface area (Å²) in [4.78, 5) is 24.2. The standard InChI is InChI=1S/C33H47NO12/c1-20-12-8-5-3-4-6-10-14-23(45-32-30(39)28(34)29(38)21(2)44-32)16-25-27(31(40)41)24(36)18-33(42,46-25)17-22(35)13-9-7-11-15-26(37)43-19-20/h3-12,14-15,20-25,27-30,32,35-36,38-39,42H,13,16-19,34H2,1-2H3,(H,40,41)/b5-3-,6-4+,9-7+,12-8+,14-10+,15-11+/t20?,21-,22?,23?,24?,25?,27?,28+,29-,30+,32+,33?/m1/s1. The number of carboxylic acid groups (broad SMARTS) is 1. The summed E-state index contributed by atoms with van der Waals surface area (Å²) in [6.45, 7) is 3.65. The average Bonchev–Trinajstić information content (AvgIpc) is 2.97. The number of ether oxygens (including phenoxy) is 4. The maximum absolute atomic E-state index is 12.2. The molecule has 2 saturated heterocycles. The molecule has 0 aromatic rings. The van der Waals surface area contributed by atoms with Gasteiger partial charge in [0.2, 0.25) is 0 Å². The van der Waals surface area contributed by atoms with E-state index in [1.54, 1.807) is 55.5 Å². The van der Waals surface area contributed by atoms with Crippen molar-refractivity contribution < 1.29 is 59.2 Å². The van der Waals surface area contributed by atoms with Crippen LogP contribution >= 0.6 is 0 Å². The van der Waals surface area contributed by atoms with E-state index in [-0.39, 0.29) is 31.8 Å². The molecule has 3 aliphatic heterocycles. The van der Waals surface area contributed by atoms with Gasteiger partial charge in [-0.05, 0) is 13.3 Å². The third kappa shape index (κ3) is 11.4. The van der Waals surface area contributed by atoms with Gasteiger partial charge in [0, 0.05) is 31.3 Å². The number of hydrogen-bond donors (Lipinski definition) is 7. The summed E-state index contributed by atoms with van der Waals surface area (Å²) < 4.78 is 22.8. The molecule has 0 radical (unpaired) electrons. The maximum Gasteiger partial charge on any atom is 0.330 e. The van der Waals surface area contributed by atoms with Gasteiger partial charge in [0.05, 0.1) is 49.3 Å². The Labute approximate surface area is 268 Å². The Morgan fingerprint density at radius 2 is 1.63 bits per heavy atom. The third-order valence-electron chi connectivity index (χ3n) is 7.92. The van der Waals surface area contributed by atoms with Crippen molar-refractivity contribution in [1.82, 2.24) is 0 Å². The molecule has 3 heterocycles. The number of aliphatic hydroxyl groups is 5. The second kappa shape index (κ2) is 17.8. The van der Waals surface area contributed by atoms with E-state index in [0.717, 1.165) is 0 Å². The summed E-state index contributed by atoms with van der Waals surface area (Å²) >= 11 is 0. The number of aliphatic carboxylic acids is 1. The fraction of sp³-hybridized carbons (Fsp3) is 0.576. The summed E-state index contributed by atoms with van der Waals surface area (Å²) in [5, 5.41) is 63.6. The van der Waals surface area contributed by atoms with Crippen molar-refractivity contribution >= 4 is 11.9 Å². The zero-order valence-corrected chi connectivity index (χ0v) is 26.0. The fourth-order valence-corrected chi connectivity index (χ4v) is 5.43. The lowest BCUT2D eigenvalue weighted by molar-refractivity contribution is -0.308. The number of nitrogens with two attached hydrogens (primary N) is 1. The molecule has 46 heavy (non-hydrogen) atoms. The van der Waals surface area contributed by atoms with Crippen LogP contribution in [0.15, 0.2) is 72.9 Å².